The van der Waals surface area contributed by atoms with Gasteiger partial charge in [0.15, 0.2) is 5.78 Å². The van der Waals surface area contributed by atoms with E-state index in [-0.39, 0.29) is 11.8 Å². The lowest BCUT2D eigenvalue weighted by Crippen LogP contribution is -2.45. The summed E-state index contributed by atoms with van der Waals surface area (Å²) in [5.41, 5.74) is 4.88. The van der Waals surface area contributed by atoms with Crippen LogP contribution in [0.1, 0.15) is 50.5 Å². The van der Waals surface area contributed by atoms with E-state index in [2.05, 4.69) is 11.9 Å². The molecule has 4 nitrogen and oxygen atoms in total. The van der Waals surface area contributed by atoms with E-state index in [1.54, 1.807) is 0 Å². The van der Waals surface area contributed by atoms with Crippen molar-refractivity contribution in [3.8, 4) is 0 Å². The van der Waals surface area contributed by atoms with Crippen LogP contribution >= 0.6 is 0 Å². The molecule has 1 aromatic carbocycles. The second kappa shape index (κ2) is 5.92. The first-order valence-electron chi connectivity index (χ1n) is 9.73. The Balaban J connectivity index is 1.65. The van der Waals surface area contributed by atoms with Crippen molar-refractivity contribution in [1.82, 2.24) is 9.47 Å². The summed E-state index contributed by atoms with van der Waals surface area (Å²) < 4.78 is 1.92. The van der Waals surface area contributed by atoms with Crippen LogP contribution in [0.2, 0.25) is 0 Å². The number of likely N-dealkylation sites (tertiary alicyclic amines) is 1. The molecule has 0 radical (unpaired) electrons. The van der Waals surface area contributed by atoms with Gasteiger partial charge in [0.1, 0.15) is 0 Å². The largest absolute Gasteiger partial charge is 0.306 e. The second-order valence-corrected chi connectivity index (χ2v) is 8.09. The number of carbonyl (C=O) groups excluding carboxylic acids is 2. The predicted molar refractivity (Wildman–Crippen MR) is 99.8 cm³/mol. The normalized spacial score (nSPS) is 24.9. The molecule has 0 unspecified atom stereocenters. The van der Waals surface area contributed by atoms with Crippen LogP contribution in [-0.4, -0.2) is 41.3 Å². The van der Waals surface area contributed by atoms with E-state index in [1.807, 2.05) is 34.9 Å². The van der Waals surface area contributed by atoms with E-state index < -0.39 is 0 Å². The lowest BCUT2D eigenvalue weighted by atomic mass is 9.73. The minimum Gasteiger partial charge on any atom is -0.306 e. The molecule has 4 heteroatoms. The van der Waals surface area contributed by atoms with Crippen LogP contribution in [0.25, 0.3) is 0 Å². The summed E-state index contributed by atoms with van der Waals surface area (Å²) in [7, 11) is 2.10. The second-order valence-electron chi connectivity index (χ2n) is 8.09. The zero-order chi connectivity index (χ0) is 17.8. The van der Waals surface area contributed by atoms with Crippen molar-refractivity contribution >= 4 is 11.7 Å². The molecule has 1 fully saturated rings. The van der Waals surface area contributed by atoms with Crippen molar-refractivity contribution in [3.63, 3.8) is 0 Å². The van der Waals surface area contributed by atoms with Crippen molar-refractivity contribution in [3.05, 3.63) is 58.4 Å². The van der Waals surface area contributed by atoms with Gasteiger partial charge in [-0.15, -0.1) is 0 Å². The van der Waals surface area contributed by atoms with Crippen molar-refractivity contribution < 1.29 is 9.59 Å². The van der Waals surface area contributed by atoms with E-state index in [9.17, 15) is 9.59 Å². The summed E-state index contributed by atoms with van der Waals surface area (Å²) in [6.07, 6.45) is 4.79. The third-order valence-corrected chi connectivity index (χ3v) is 6.54. The molecular formula is C22H24N2O2. The topological polar surface area (TPSA) is 42.3 Å². The van der Waals surface area contributed by atoms with Gasteiger partial charge < -0.3 is 4.90 Å². The van der Waals surface area contributed by atoms with Crippen LogP contribution in [0.3, 0.4) is 0 Å². The van der Waals surface area contributed by atoms with Gasteiger partial charge in [-0.1, -0.05) is 18.2 Å². The fourth-order valence-corrected chi connectivity index (χ4v) is 5.27. The van der Waals surface area contributed by atoms with Crippen LogP contribution in [-0.2, 0) is 19.3 Å². The Morgan fingerprint density at radius 1 is 1.12 bits per heavy atom. The Labute approximate surface area is 153 Å². The summed E-state index contributed by atoms with van der Waals surface area (Å²) in [5.74, 6) is 0.807. The molecule has 0 spiro atoms. The third kappa shape index (κ3) is 2.25. The lowest BCUT2D eigenvalue weighted by Gasteiger charge is -2.39. The lowest BCUT2D eigenvalue weighted by molar-refractivity contribution is 0.0701. The Morgan fingerprint density at radius 2 is 1.92 bits per heavy atom. The fraction of sp³-hybridized carbons (Fsp3) is 0.455. The maximum Gasteiger partial charge on any atom is 0.262 e. The predicted octanol–water partition coefficient (Wildman–Crippen LogP) is 2.97. The van der Waals surface area contributed by atoms with E-state index in [4.69, 9.17) is 0 Å². The van der Waals surface area contributed by atoms with Crippen LogP contribution < -0.4 is 0 Å². The quantitative estimate of drug-likeness (QED) is 0.796. The van der Waals surface area contributed by atoms with E-state index in [1.165, 1.54) is 5.56 Å². The number of rotatable bonds is 1. The molecular weight excluding hydrogens is 324 g/mol. The summed E-state index contributed by atoms with van der Waals surface area (Å²) in [6, 6.07) is 9.49. The molecule has 2 aromatic rings. The molecule has 5 rings (SSSR count). The summed E-state index contributed by atoms with van der Waals surface area (Å²) in [5, 5.41) is 0. The van der Waals surface area contributed by atoms with Crippen LogP contribution in [0.4, 0.5) is 0 Å². The Morgan fingerprint density at radius 3 is 2.73 bits per heavy atom. The van der Waals surface area contributed by atoms with Gasteiger partial charge in [-0.25, -0.2) is 0 Å². The third-order valence-electron chi connectivity index (χ3n) is 6.54. The number of hydrogen-bond acceptors (Lipinski definition) is 3. The van der Waals surface area contributed by atoms with Crippen molar-refractivity contribution in [2.24, 2.45) is 11.8 Å². The first kappa shape index (κ1) is 16.0. The number of ketones is 1. The standard InChI is InChI=1S/C22H24N2O2/c1-23-11-10-15-12-19-20(21(25)17(15)13-23)16-8-5-9-18(16)24(19)22(26)14-6-3-2-4-7-14/h2-4,6-7,15,17H,5,8-13H2,1H3/t15-,17+/m0/s1. The number of Topliss-reactive ketones (excluding diaryl/α,β-unsaturated/α-hetero) is 1. The molecule has 1 saturated heterocycles. The summed E-state index contributed by atoms with van der Waals surface area (Å²) in [4.78, 5) is 29.0. The molecule has 1 aliphatic heterocycles. The fourth-order valence-electron chi connectivity index (χ4n) is 5.27. The van der Waals surface area contributed by atoms with Gasteiger partial charge in [-0.05, 0) is 69.3 Å². The monoisotopic (exact) mass is 348 g/mol. The average molecular weight is 348 g/mol. The van der Waals surface area contributed by atoms with Gasteiger partial charge >= 0.3 is 0 Å². The number of piperidine rings is 1. The van der Waals surface area contributed by atoms with Gasteiger partial charge in [0.05, 0.1) is 0 Å². The number of fused-ring (bicyclic) bond motifs is 4. The zero-order valence-corrected chi connectivity index (χ0v) is 15.2. The van der Waals surface area contributed by atoms with Crippen LogP contribution in [0, 0.1) is 11.8 Å². The van der Waals surface area contributed by atoms with Crippen molar-refractivity contribution in [2.45, 2.75) is 32.1 Å². The highest BCUT2D eigenvalue weighted by Crippen LogP contribution is 2.42. The van der Waals surface area contributed by atoms with Gasteiger partial charge in [0, 0.05) is 35.0 Å². The minimum atomic E-state index is 0.0316. The molecule has 0 saturated carbocycles. The molecule has 1 aromatic heterocycles. The molecule has 0 N–H and O–H groups in total. The van der Waals surface area contributed by atoms with E-state index >= 15 is 0 Å². The number of hydrogen-bond donors (Lipinski definition) is 0. The molecule has 2 atom stereocenters. The van der Waals surface area contributed by atoms with Crippen LogP contribution in [0.5, 0.6) is 0 Å². The molecule has 26 heavy (non-hydrogen) atoms. The highest BCUT2D eigenvalue weighted by Gasteiger charge is 2.44. The molecule has 134 valence electrons. The smallest absolute Gasteiger partial charge is 0.262 e. The van der Waals surface area contributed by atoms with Crippen molar-refractivity contribution in [2.75, 3.05) is 20.1 Å². The molecule has 0 amide bonds. The maximum atomic E-state index is 13.4. The van der Waals surface area contributed by atoms with Crippen molar-refractivity contribution in [1.29, 1.82) is 0 Å². The first-order valence-corrected chi connectivity index (χ1v) is 9.73. The first-order chi connectivity index (χ1) is 12.6. The number of benzene rings is 1. The number of nitrogens with zero attached hydrogens (tertiary/aromatic N) is 2. The Hall–Kier alpha value is -2.20. The molecule has 0 bridgehead atoms. The SMILES string of the molecule is CN1CC[C@H]2Cc3c(c4c(n3C(=O)c3ccccc3)CCC4)C(=O)[C@@H]2C1. The van der Waals surface area contributed by atoms with E-state index in [0.717, 1.165) is 62.1 Å². The number of carbonyl (C=O) groups is 2. The Kier molecular flexibility index (Phi) is 3.64. The van der Waals surface area contributed by atoms with Gasteiger partial charge in [0.2, 0.25) is 0 Å². The molecule has 3 aliphatic rings. The minimum absolute atomic E-state index is 0.0316. The van der Waals surface area contributed by atoms with Crippen LogP contribution in [0.15, 0.2) is 30.3 Å². The number of aromatic nitrogens is 1. The highest BCUT2D eigenvalue weighted by molar-refractivity contribution is 6.05. The van der Waals surface area contributed by atoms with Gasteiger partial charge in [-0.3, -0.25) is 14.2 Å². The summed E-state index contributed by atoms with van der Waals surface area (Å²) in [6.45, 7) is 1.90. The maximum absolute atomic E-state index is 13.4. The van der Waals surface area contributed by atoms with E-state index in [0.29, 0.717) is 17.3 Å². The average Bonchev–Trinajstić information content (AvgIpc) is 3.23. The molecule has 2 aliphatic carbocycles. The summed E-state index contributed by atoms with van der Waals surface area (Å²) >= 11 is 0. The van der Waals surface area contributed by atoms with Gasteiger partial charge in [-0.2, -0.15) is 0 Å². The zero-order valence-electron chi connectivity index (χ0n) is 15.2. The Bertz CT molecular complexity index is 897. The molecule has 2 heterocycles. The highest BCUT2D eigenvalue weighted by atomic mass is 16.2. The van der Waals surface area contributed by atoms with Gasteiger partial charge in [0.25, 0.3) is 5.91 Å².